The van der Waals surface area contributed by atoms with E-state index in [2.05, 4.69) is 0 Å². The van der Waals surface area contributed by atoms with Crippen molar-refractivity contribution in [3.63, 3.8) is 0 Å². The molecule has 0 aromatic heterocycles. The minimum atomic E-state index is -0.335. The van der Waals surface area contributed by atoms with E-state index in [1.165, 1.54) is 0 Å². The van der Waals surface area contributed by atoms with Crippen LogP contribution in [0.2, 0.25) is 0 Å². The maximum absolute atomic E-state index is 12.1. The minimum Gasteiger partial charge on any atom is -0.762 e. The molecule has 1 aliphatic carbocycles. The number of rotatable bonds is 4. The molecule has 6 nitrogen and oxygen atoms in total. The Morgan fingerprint density at radius 1 is 1.44 bits per heavy atom. The van der Waals surface area contributed by atoms with Gasteiger partial charge >= 0.3 is 0 Å². The summed E-state index contributed by atoms with van der Waals surface area (Å²) in [5.41, 5.74) is 5.82. The van der Waals surface area contributed by atoms with Crippen LogP contribution in [0.4, 0.5) is 0 Å². The molecule has 1 aliphatic heterocycles. The second kappa shape index (κ2) is 6.31. The highest BCUT2D eigenvalue weighted by Crippen LogP contribution is 2.28. The van der Waals surface area contributed by atoms with E-state index in [0.29, 0.717) is 32.2 Å². The molecule has 1 heterocycles. The standard InChI is InChI=1S/C11H20N3O3S/c12-11-13(5-6-18-11)7-10(15)8-1-3-9(4-2-8)14(16)17/h8-9,11,16H,1-7,12H2/q-1. The van der Waals surface area contributed by atoms with E-state index in [0.717, 1.165) is 12.3 Å². The number of thioether (sulfide) groups is 1. The Kier molecular flexibility index (Phi) is 4.99. The molecule has 0 amide bonds. The van der Waals surface area contributed by atoms with Crippen LogP contribution < -0.4 is 5.73 Å². The van der Waals surface area contributed by atoms with E-state index in [9.17, 15) is 10.0 Å². The first-order valence-corrected chi connectivity index (χ1v) is 7.42. The molecular weight excluding hydrogens is 254 g/mol. The first-order chi connectivity index (χ1) is 8.58. The van der Waals surface area contributed by atoms with Crippen LogP contribution in [0.1, 0.15) is 25.7 Å². The highest BCUT2D eigenvalue weighted by atomic mass is 32.2. The summed E-state index contributed by atoms with van der Waals surface area (Å²) >= 11 is 1.67. The van der Waals surface area contributed by atoms with E-state index in [-0.39, 0.29) is 28.5 Å². The Morgan fingerprint density at radius 2 is 2.11 bits per heavy atom. The van der Waals surface area contributed by atoms with Crippen LogP contribution >= 0.6 is 11.8 Å². The molecule has 7 heteroatoms. The molecule has 0 radical (unpaired) electrons. The third-order valence-electron chi connectivity index (χ3n) is 3.85. The van der Waals surface area contributed by atoms with Gasteiger partial charge in [0.2, 0.25) is 0 Å². The number of carbonyl (C=O) groups is 1. The average Bonchev–Trinajstić information content (AvgIpc) is 2.75. The van der Waals surface area contributed by atoms with Crippen molar-refractivity contribution in [2.45, 2.75) is 37.2 Å². The summed E-state index contributed by atoms with van der Waals surface area (Å²) in [6.07, 6.45) is 2.58. The second-order valence-electron chi connectivity index (χ2n) is 5.01. The first-order valence-electron chi connectivity index (χ1n) is 6.37. The molecule has 1 atom stereocenters. The van der Waals surface area contributed by atoms with Crippen molar-refractivity contribution in [3.05, 3.63) is 5.21 Å². The Balaban J connectivity index is 1.77. The highest BCUT2D eigenvalue weighted by molar-refractivity contribution is 8.00. The summed E-state index contributed by atoms with van der Waals surface area (Å²) in [6.45, 7) is 1.29. The van der Waals surface area contributed by atoms with Gasteiger partial charge in [0.25, 0.3) is 0 Å². The van der Waals surface area contributed by atoms with Crippen LogP contribution in [0.15, 0.2) is 0 Å². The van der Waals surface area contributed by atoms with Crippen LogP contribution in [-0.2, 0) is 4.79 Å². The Bertz CT molecular complexity index is 295. The zero-order valence-electron chi connectivity index (χ0n) is 10.3. The molecule has 0 aromatic rings. The van der Waals surface area contributed by atoms with Gasteiger partial charge in [-0.15, -0.1) is 11.8 Å². The maximum atomic E-state index is 12.1. The molecule has 3 N–H and O–H groups in total. The van der Waals surface area contributed by atoms with Crippen LogP contribution in [0.3, 0.4) is 0 Å². The van der Waals surface area contributed by atoms with Crippen LogP contribution in [0, 0.1) is 11.1 Å². The fourth-order valence-corrected chi connectivity index (χ4v) is 3.61. The van der Waals surface area contributed by atoms with E-state index >= 15 is 0 Å². The summed E-state index contributed by atoms with van der Waals surface area (Å²) in [5.74, 6) is 1.23. The van der Waals surface area contributed by atoms with Gasteiger partial charge in [0.15, 0.2) is 0 Å². The van der Waals surface area contributed by atoms with Crippen molar-refractivity contribution in [2.75, 3.05) is 18.8 Å². The second-order valence-corrected chi connectivity index (χ2v) is 6.23. The molecule has 18 heavy (non-hydrogen) atoms. The molecule has 1 saturated heterocycles. The van der Waals surface area contributed by atoms with E-state index < -0.39 is 0 Å². The largest absolute Gasteiger partial charge is 0.762 e. The van der Waals surface area contributed by atoms with Gasteiger partial charge in [-0.05, 0) is 25.7 Å². The average molecular weight is 274 g/mol. The predicted octanol–water partition coefficient (Wildman–Crippen LogP) is 0.594. The van der Waals surface area contributed by atoms with Gasteiger partial charge in [0, 0.05) is 24.3 Å². The third-order valence-corrected chi connectivity index (χ3v) is 4.91. The zero-order chi connectivity index (χ0) is 13.1. The van der Waals surface area contributed by atoms with Crippen LogP contribution in [-0.4, -0.2) is 51.5 Å². The lowest BCUT2D eigenvalue weighted by atomic mass is 9.83. The normalized spacial score (nSPS) is 34.1. The summed E-state index contributed by atoms with van der Waals surface area (Å²) < 4.78 is 0. The summed E-state index contributed by atoms with van der Waals surface area (Å²) in [5, 5.41) is 19.6. The van der Waals surface area contributed by atoms with Gasteiger partial charge in [-0.25, -0.2) is 0 Å². The van der Waals surface area contributed by atoms with Crippen molar-refractivity contribution in [2.24, 2.45) is 11.7 Å². The summed E-state index contributed by atoms with van der Waals surface area (Å²) in [4.78, 5) is 14.1. The lowest BCUT2D eigenvalue weighted by molar-refractivity contribution is -0.128. The van der Waals surface area contributed by atoms with E-state index in [4.69, 9.17) is 10.9 Å². The number of ketones is 1. The third kappa shape index (κ3) is 3.43. The Hall–Kier alpha value is -0.180. The molecule has 0 aromatic carbocycles. The monoisotopic (exact) mass is 274 g/mol. The topological polar surface area (TPSA) is 92.9 Å². The number of nitrogens with two attached hydrogens (primary N) is 1. The van der Waals surface area contributed by atoms with Gasteiger partial charge in [-0.1, -0.05) is 0 Å². The molecule has 2 rings (SSSR count). The lowest BCUT2D eigenvalue weighted by Gasteiger charge is -2.36. The molecular formula is C11H20N3O3S-. The van der Waals surface area contributed by atoms with Crippen molar-refractivity contribution >= 4 is 17.5 Å². The predicted molar refractivity (Wildman–Crippen MR) is 69.8 cm³/mol. The van der Waals surface area contributed by atoms with Crippen molar-refractivity contribution in [1.29, 1.82) is 0 Å². The molecule has 2 fully saturated rings. The minimum absolute atomic E-state index is 0.0269. The molecule has 104 valence electrons. The fourth-order valence-electron chi connectivity index (χ4n) is 2.64. The van der Waals surface area contributed by atoms with Crippen molar-refractivity contribution in [1.82, 2.24) is 10.1 Å². The lowest BCUT2D eigenvalue weighted by Crippen LogP contribution is -2.42. The number of carbonyl (C=O) groups excluding carboxylic acids is 1. The molecule has 1 saturated carbocycles. The molecule has 1 unspecified atom stereocenters. The molecule has 0 spiro atoms. The molecule has 2 aliphatic rings. The van der Waals surface area contributed by atoms with Crippen molar-refractivity contribution in [3.8, 4) is 0 Å². The number of hydrogen-bond acceptors (Lipinski definition) is 7. The number of hydrogen-bond donors (Lipinski definition) is 2. The summed E-state index contributed by atoms with van der Waals surface area (Å²) in [7, 11) is 0. The zero-order valence-corrected chi connectivity index (χ0v) is 11.1. The van der Waals surface area contributed by atoms with E-state index in [1.807, 2.05) is 4.90 Å². The van der Waals surface area contributed by atoms with Gasteiger partial charge < -0.3 is 16.1 Å². The van der Waals surface area contributed by atoms with Crippen LogP contribution in [0.25, 0.3) is 0 Å². The van der Waals surface area contributed by atoms with E-state index in [1.54, 1.807) is 11.8 Å². The first kappa shape index (κ1) is 14.2. The van der Waals surface area contributed by atoms with Gasteiger partial charge in [0.1, 0.15) is 11.3 Å². The Morgan fingerprint density at radius 3 is 2.61 bits per heavy atom. The van der Waals surface area contributed by atoms with Gasteiger partial charge in [-0.3, -0.25) is 14.9 Å². The smallest absolute Gasteiger partial charge is 0.149 e. The fraction of sp³-hybridized carbons (Fsp3) is 0.909. The summed E-state index contributed by atoms with van der Waals surface area (Å²) in [6, 6.07) is -0.335. The van der Waals surface area contributed by atoms with Gasteiger partial charge in [-0.2, -0.15) is 0 Å². The molecule has 0 bridgehead atoms. The number of nitrogens with zero attached hydrogens (tertiary/aromatic N) is 2. The quantitative estimate of drug-likeness (QED) is 0.725. The van der Waals surface area contributed by atoms with Crippen LogP contribution in [0.5, 0.6) is 0 Å². The van der Waals surface area contributed by atoms with Gasteiger partial charge in [0.05, 0.1) is 6.54 Å². The highest BCUT2D eigenvalue weighted by Gasteiger charge is 2.30. The maximum Gasteiger partial charge on any atom is 0.149 e. The SMILES string of the molecule is NC1SCCN1CC(=O)C1CCC(N([O-])O)CC1. The van der Waals surface area contributed by atoms with Crippen molar-refractivity contribution < 1.29 is 10.0 Å². The number of hydroxylamine groups is 2. The Labute approximate surface area is 111 Å². The number of Topliss-reactive ketones (excluding diaryl/α,β-unsaturated/α-hetero) is 1.